The van der Waals surface area contributed by atoms with E-state index in [0.717, 1.165) is 22.5 Å². The Morgan fingerprint density at radius 1 is 1.06 bits per heavy atom. The lowest BCUT2D eigenvalue weighted by Gasteiger charge is -2.47. The molecule has 3 aromatic carbocycles. The lowest BCUT2D eigenvalue weighted by molar-refractivity contribution is -0.0580. The first-order valence-electron chi connectivity index (χ1n) is 10.3. The van der Waals surface area contributed by atoms with E-state index in [0.29, 0.717) is 24.5 Å². The first-order valence-corrected chi connectivity index (χ1v) is 10.3. The summed E-state index contributed by atoms with van der Waals surface area (Å²) in [5.74, 6) is 0. The van der Waals surface area contributed by atoms with Gasteiger partial charge in [-0.1, -0.05) is 42.0 Å². The predicted molar refractivity (Wildman–Crippen MR) is 122 cm³/mol. The number of hydrogen-bond acceptors (Lipinski definition) is 3. The van der Waals surface area contributed by atoms with Crippen molar-refractivity contribution in [3.63, 3.8) is 0 Å². The number of hydrogen-bond donors (Lipinski definition) is 0. The highest BCUT2D eigenvalue weighted by Crippen LogP contribution is 2.51. The number of carbonyl (C=O) groups is 1. The van der Waals surface area contributed by atoms with E-state index < -0.39 is 5.54 Å². The third kappa shape index (κ3) is 2.93. The maximum absolute atomic E-state index is 14.0. The molecule has 0 aromatic heterocycles. The molecule has 0 saturated carbocycles. The molecule has 6 nitrogen and oxygen atoms in total. The van der Waals surface area contributed by atoms with Gasteiger partial charge in [0.05, 0.1) is 37.5 Å². The van der Waals surface area contributed by atoms with E-state index in [1.165, 1.54) is 0 Å². The molecule has 2 aliphatic rings. The van der Waals surface area contributed by atoms with Crippen LogP contribution in [0, 0.1) is 24.8 Å². The molecule has 2 fully saturated rings. The molecule has 2 aliphatic heterocycles. The fourth-order valence-corrected chi connectivity index (χ4v) is 4.67. The average molecular weight is 420 g/mol. The molecule has 1 spiro atoms. The minimum atomic E-state index is -0.572. The number of rotatable bonds is 3. The Labute approximate surface area is 186 Å². The summed E-state index contributed by atoms with van der Waals surface area (Å²) in [5.41, 5.74) is 4.11. The molecule has 1 atom stereocenters. The van der Waals surface area contributed by atoms with Gasteiger partial charge in [0.1, 0.15) is 5.54 Å². The van der Waals surface area contributed by atoms with Crippen molar-refractivity contribution in [1.29, 1.82) is 5.26 Å². The van der Waals surface area contributed by atoms with E-state index in [-0.39, 0.29) is 12.1 Å². The van der Waals surface area contributed by atoms with E-state index in [2.05, 4.69) is 17.0 Å². The molecular formula is C26H20N4O2. The summed E-state index contributed by atoms with van der Waals surface area (Å²) in [4.78, 5) is 21.1. The van der Waals surface area contributed by atoms with Crippen LogP contribution in [0.2, 0.25) is 0 Å². The van der Waals surface area contributed by atoms with Crippen LogP contribution in [0.3, 0.4) is 0 Å². The molecule has 2 heterocycles. The summed E-state index contributed by atoms with van der Waals surface area (Å²) in [6, 6.07) is 24.1. The number of amides is 2. The number of aryl methyl sites for hydroxylation is 1. The molecule has 32 heavy (non-hydrogen) atoms. The largest absolute Gasteiger partial charge is 0.376 e. The lowest BCUT2D eigenvalue weighted by Crippen LogP contribution is -2.62. The third-order valence-electron chi connectivity index (χ3n) is 6.18. The first-order chi connectivity index (χ1) is 15.6. The van der Waals surface area contributed by atoms with Crippen molar-refractivity contribution in [2.45, 2.75) is 18.5 Å². The van der Waals surface area contributed by atoms with Crippen molar-refractivity contribution in [1.82, 2.24) is 0 Å². The van der Waals surface area contributed by atoms with Gasteiger partial charge in [-0.3, -0.25) is 9.80 Å². The van der Waals surface area contributed by atoms with Gasteiger partial charge in [-0.05, 0) is 48.9 Å². The summed E-state index contributed by atoms with van der Waals surface area (Å²) in [6.45, 7) is 10.1. The summed E-state index contributed by atoms with van der Waals surface area (Å²) >= 11 is 0. The fourth-order valence-electron chi connectivity index (χ4n) is 4.67. The molecule has 3 aromatic rings. The highest BCUT2D eigenvalue weighted by Gasteiger charge is 2.62. The van der Waals surface area contributed by atoms with E-state index >= 15 is 0 Å². The van der Waals surface area contributed by atoms with Crippen LogP contribution in [0.25, 0.3) is 4.85 Å². The monoisotopic (exact) mass is 420 g/mol. The van der Waals surface area contributed by atoms with Crippen LogP contribution in [0.15, 0.2) is 72.8 Å². The maximum Gasteiger partial charge on any atom is 0.330 e. The van der Waals surface area contributed by atoms with Crippen LogP contribution in [0.5, 0.6) is 0 Å². The number of nitriles is 1. The fraction of sp³-hybridized carbons (Fsp3) is 0.192. The molecule has 156 valence electrons. The highest BCUT2D eigenvalue weighted by atomic mass is 16.5. The zero-order valence-electron chi connectivity index (χ0n) is 17.5. The molecule has 5 rings (SSSR count). The second kappa shape index (κ2) is 7.53. The van der Waals surface area contributed by atoms with Gasteiger partial charge in [-0.15, -0.1) is 0 Å². The van der Waals surface area contributed by atoms with Crippen molar-refractivity contribution >= 4 is 23.1 Å². The third-order valence-corrected chi connectivity index (χ3v) is 6.18. The van der Waals surface area contributed by atoms with Crippen LogP contribution in [0.1, 0.15) is 22.7 Å². The molecule has 0 radical (unpaired) electrons. The van der Waals surface area contributed by atoms with Crippen LogP contribution < -0.4 is 9.80 Å². The summed E-state index contributed by atoms with van der Waals surface area (Å²) in [7, 11) is 0. The minimum Gasteiger partial charge on any atom is -0.376 e. The van der Waals surface area contributed by atoms with E-state index in [1.807, 2.05) is 59.2 Å². The van der Waals surface area contributed by atoms with Crippen molar-refractivity contribution < 1.29 is 9.53 Å². The van der Waals surface area contributed by atoms with Crippen LogP contribution in [0.4, 0.5) is 21.9 Å². The van der Waals surface area contributed by atoms with Gasteiger partial charge in [-0.2, -0.15) is 5.26 Å². The number of carbonyl (C=O) groups excluding carboxylic acids is 1. The zero-order chi connectivity index (χ0) is 22.3. The van der Waals surface area contributed by atoms with E-state index in [4.69, 9.17) is 11.3 Å². The number of ether oxygens (including phenoxy) is 1. The molecule has 0 unspecified atom stereocenters. The second-order valence-corrected chi connectivity index (χ2v) is 8.19. The molecule has 0 aliphatic carbocycles. The number of urea groups is 1. The Bertz CT molecular complexity index is 1260. The van der Waals surface area contributed by atoms with Crippen LogP contribution in [-0.2, 0) is 4.74 Å². The Hall–Kier alpha value is -4.13. The van der Waals surface area contributed by atoms with E-state index in [1.54, 1.807) is 24.3 Å². The zero-order valence-corrected chi connectivity index (χ0v) is 17.5. The summed E-state index contributed by atoms with van der Waals surface area (Å²) in [6.07, 6.45) is 0. The van der Waals surface area contributed by atoms with Gasteiger partial charge in [0.25, 0.3) is 0 Å². The Morgan fingerprint density at radius 3 is 2.31 bits per heavy atom. The van der Waals surface area contributed by atoms with Crippen LogP contribution >= 0.6 is 0 Å². The SMILES string of the molecule is [C-]#[N+]c1ccc(N2C(=O)N(c3ccc(C#N)cc3)C3(COC3)[C@H]2c2cccc(C)c2)cc1. The van der Waals surface area contributed by atoms with Gasteiger partial charge in [0.15, 0.2) is 5.69 Å². The number of anilines is 2. The Kier molecular flexibility index (Phi) is 4.66. The van der Waals surface area contributed by atoms with Crippen molar-refractivity contribution in [2.75, 3.05) is 23.0 Å². The summed E-state index contributed by atoms with van der Waals surface area (Å²) in [5, 5.41) is 9.18. The molecule has 0 N–H and O–H groups in total. The lowest BCUT2D eigenvalue weighted by atomic mass is 9.82. The molecule has 0 bridgehead atoms. The van der Waals surface area contributed by atoms with Crippen molar-refractivity contribution in [3.05, 3.63) is 101 Å². The first kappa shape index (κ1) is 19.8. The minimum absolute atomic E-state index is 0.153. The van der Waals surface area contributed by atoms with Gasteiger partial charge < -0.3 is 4.74 Å². The van der Waals surface area contributed by atoms with Crippen LogP contribution in [-0.4, -0.2) is 24.8 Å². The Morgan fingerprint density at radius 2 is 1.75 bits per heavy atom. The molecule has 6 heteroatoms. The Balaban J connectivity index is 1.69. The number of nitrogens with zero attached hydrogens (tertiary/aromatic N) is 4. The second-order valence-electron chi connectivity index (χ2n) is 8.19. The van der Waals surface area contributed by atoms with Crippen molar-refractivity contribution in [3.8, 4) is 6.07 Å². The van der Waals surface area contributed by atoms with Gasteiger partial charge in [-0.25, -0.2) is 9.64 Å². The predicted octanol–water partition coefficient (Wildman–Crippen LogP) is 5.37. The van der Waals surface area contributed by atoms with Gasteiger partial charge in [0, 0.05) is 11.4 Å². The van der Waals surface area contributed by atoms with E-state index in [9.17, 15) is 10.1 Å². The van der Waals surface area contributed by atoms with Crippen molar-refractivity contribution in [2.24, 2.45) is 0 Å². The summed E-state index contributed by atoms with van der Waals surface area (Å²) < 4.78 is 5.69. The smallest absolute Gasteiger partial charge is 0.330 e. The highest BCUT2D eigenvalue weighted by molar-refractivity contribution is 6.09. The number of benzene rings is 3. The topological polar surface area (TPSA) is 60.9 Å². The quantitative estimate of drug-likeness (QED) is 0.535. The van der Waals surface area contributed by atoms with Gasteiger partial charge >= 0.3 is 6.03 Å². The standard InChI is InChI=1S/C26H20N4O2/c1-18-4-3-5-20(14-18)24-26(16-32-17-26)30(23-10-6-19(15-27)7-11-23)25(31)29(24)22-12-8-21(28-2)9-13-22/h3-14,24H,16-17H2,1H3/t24-/m1/s1. The van der Waals surface area contributed by atoms with Gasteiger partial charge in [0.2, 0.25) is 0 Å². The molecule has 2 amide bonds. The average Bonchev–Trinajstić information content (AvgIpc) is 3.08. The molecule has 2 saturated heterocycles. The molecular weight excluding hydrogens is 400 g/mol. The normalized spacial score (nSPS) is 18.8. The maximum atomic E-state index is 14.0.